The van der Waals surface area contributed by atoms with Gasteiger partial charge in [0.25, 0.3) is 0 Å². The lowest BCUT2D eigenvalue weighted by molar-refractivity contribution is -0.115. The molecule has 0 aliphatic rings. The third-order valence-corrected chi connectivity index (χ3v) is 5.08. The first-order chi connectivity index (χ1) is 15.0. The van der Waals surface area contributed by atoms with Gasteiger partial charge in [-0.2, -0.15) is 0 Å². The number of carbonyl (C=O) groups excluding carboxylic acids is 1. The maximum atomic E-state index is 11.5. The molecule has 0 amide bonds. The standard InChI is InChI=1S/C27H29NO3/c1-4-28(27(2,3)21-29)18-24-15-16-25(30-19-22-11-7-5-8-12-22)26(17-24)31-20-23-13-9-6-10-14-23/h4-17,21H,1,18-20H2,2-3H3. The van der Waals surface area contributed by atoms with Crippen LogP contribution in [0, 0.1) is 0 Å². The fraction of sp³-hybridized carbons (Fsp3) is 0.222. The zero-order valence-corrected chi connectivity index (χ0v) is 18.2. The minimum atomic E-state index is -0.644. The van der Waals surface area contributed by atoms with Crippen LogP contribution in [0.15, 0.2) is 91.6 Å². The van der Waals surface area contributed by atoms with Crippen molar-refractivity contribution in [3.8, 4) is 11.5 Å². The van der Waals surface area contributed by atoms with Crippen LogP contribution in [0.1, 0.15) is 30.5 Å². The van der Waals surface area contributed by atoms with Gasteiger partial charge in [0, 0.05) is 6.54 Å². The van der Waals surface area contributed by atoms with Crippen molar-refractivity contribution in [2.45, 2.75) is 39.1 Å². The number of hydrogen-bond donors (Lipinski definition) is 0. The molecule has 0 radical (unpaired) electrons. The predicted molar refractivity (Wildman–Crippen MR) is 124 cm³/mol. The van der Waals surface area contributed by atoms with E-state index in [0.29, 0.717) is 31.3 Å². The van der Waals surface area contributed by atoms with E-state index in [1.54, 1.807) is 6.20 Å². The van der Waals surface area contributed by atoms with Crippen molar-refractivity contribution in [1.82, 2.24) is 4.90 Å². The number of aldehydes is 1. The normalized spacial score (nSPS) is 10.9. The summed E-state index contributed by atoms with van der Waals surface area (Å²) >= 11 is 0. The molecular weight excluding hydrogens is 386 g/mol. The Morgan fingerprint density at radius 2 is 1.35 bits per heavy atom. The summed E-state index contributed by atoms with van der Waals surface area (Å²) in [6, 6.07) is 25.9. The maximum absolute atomic E-state index is 11.5. The monoisotopic (exact) mass is 415 g/mol. The summed E-state index contributed by atoms with van der Waals surface area (Å²) in [5, 5.41) is 0. The lowest BCUT2D eigenvalue weighted by Crippen LogP contribution is -2.40. The predicted octanol–water partition coefficient (Wildman–Crippen LogP) is 5.77. The van der Waals surface area contributed by atoms with E-state index in [1.807, 2.05) is 97.6 Å². The summed E-state index contributed by atoms with van der Waals surface area (Å²) in [6.07, 6.45) is 2.62. The van der Waals surface area contributed by atoms with E-state index in [1.165, 1.54) is 0 Å². The second kappa shape index (κ2) is 10.5. The Bertz CT molecular complexity index is 984. The van der Waals surface area contributed by atoms with Gasteiger partial charge in [-0.3, -0.25) is 0 Å². The van der Waals surface area contributed by atoms with E-state index < -0.39 is 5.54 Å². The molecule has 160 valence electrons. The Kier molecular flexibility index (Phi) is 7.50. The molecule has 0 aliphatic carbocycles. The minimum absolute atomic E-state index is 0.441. The first-order valence-electron chi connectivity index (χ1n) is 10.3. The van der Waals surface area contributed by atoms with Crippen LogP contribution in [-0.2, 0) is 24.6 Å². The number of ether oxygens (including phenoxy) is 2. The van der Waals surface area contributed by atoms with Gasteiger partial charge in [-0.05, 0) is 48.9 Å². The van der Waals surface area contributed by atoms with Crippen LogP contribution in [0.5, 0.6) is 11.5 Å². The molecule has 3 aromatic carbocycles. The Labute approximate surface area is 184 Å². The Morgan fingerprint density at radius 1 is 0.806 bits per heavy atom. The van der Waals surface area contributed by atoms with E-state index >= 15 is 0 Å². The largest absolute Gasteiger partial charge is 0.485 e. The molecule has 0 aromatic heterocycles. The molecule has 0 unspecified atom stereocenters. The van der Waals surface area contributed by atoms with Gasteiger partial charge in [-0.15, -0.1) is 0 Å². The highest BCUT2D eigenvalue weighted by Gasteiger charge is 2.23. The third kappa shape index (κ3) is 6.22. The second-order valence-corrected chi connectivity index (χ2v) is 7.91. The first-order valence-corrected chi connectivity index (χ1v) is 10.3. The van der Waals surface area contributed by atoms with E-state index in [2.05, 4.69) is 6.58 Å². The molecule has 0 saturated heterocycles. The van der Waals surface area contributed by atoms with E-state index in [9.17, 15) is 4.79 Å². The summed E-state index contributed by atoms with van der Waals surface area (Å²) in [5.41, 5.74) is 2.53. The SMILES string of the molecule is C=CN(Cc1ccc(OCc2ccccc2)c(OCc2ccccc2)c1)C(C)(C)C=O. The quantitative estimate of drug-likeness (QED) is 0.373. The summed E-state index contributed by atoms with van der Waals surface area (Å²) < 4.78 is 12.2. The van der Waals surface area contributed by atoms with Crippen molar-refractivity contribution in [2.75, 3.05) is 0 Å². The number of carbonyl (C=O) groups is 1. The topological polar surface area (TPSA) is 38.8 Å². The van der Waals surface area contributed by atoms with Gasteiger partial charge in [0.2, 0.25) is 0 Å². The third-order valence-electron chi connectivity index (χ3n) is 5.08. The molecule has 0 spiro atoms. The maximum Gasteiger partial charge on any atom is 0.162 e. The smallest absolute Gasteiger partial charge is 0.162 e. The van der Waals surface area contributed by atoms with Crippen molar-refractivity contribution in [1.29, 1.82) is 0 Å². The molecule has 0 atom stereocenters. The highest BCUT2D eigenvalue weighted by Crippen LogP contribution is 2.31. The van der Waals surface area contributed by atoms with Crippen LogP contribution in [0.3, 0.4) is 0 Å². The van der Waals surface area contributed by atoms with Gasteiger partial charge < -0.3 is 19.2 Å². The molecule has 0 aliphatic heterocycles. The first kappa shape index (κ1) is 22.2. The van der Waals surface area contributed by atoms with Crippen LogP contribution in [0.4, 0.5) is 0 Å². The number of nitrogens with zero attached hydrogens (tertiary/aromatic N) is 1. The minimum Gasteiger partial charge on any atom is -0.485 e. The highest BCUT2D eigenvalue weighted by molar-refractivity contribution is 5.63. The summed E-state index contributed by atoms with van der Waals surface area (Å²) in [4.78, 5) is 13.4. The molecule has 31 heavy (non-hydrogen) atoms. The average molecular weight is 416 g/mol. The van der Waals surface area contributed by atoms with Gasteiger partial charge in [0.15, 0.2) is 11.5 Å². The van der Waals surface area contributed by atoms with Crippen LogP contribution < -0.4 is 9.47 Å². The van der Waals surface area contributed by atoms with Crippen molar-refractivity contribution < 1.29 is 14.3 Å². The number of hydrogen-bond acceptors (Lipinski definition) is 4. The molecule has 4 nitrogen and oxygen atoms in total. The molecule has 0 N–H and O–H groups in total. The zero-order valence-electron chi connectivity index (χ0n) is 18.2. The lowest BCUT2D eigenvalue weighted by atomic mass is 10.0. The van der Waals surface area contributed by atoms with Crippen molar-refractivity contribution in [3.05, 3.63) is 108 Å². The lowest BCUT2D eigenvalue weighted by Gasteiger charge is -2.33. The van der Waals surface area contributed by atoms with Crippen LogP contribution in [0.25, 0.3) is 0 Å². The van der Waals surface area contributed by atoms with Gasteiger partial charge in [0.05, 0.1) is 5.54 Å². The van der Waals surface area contributed by atoms with Crippen molar-refractivity contribution in [3.63, 3.8) is 0 Å². The zero-order chi connectivity index (χ0) is 22.1. The Hall–Kier alpha value is -3.53. The van der Waals surface area contributed by atoms with Crippen molar-refractivity contribution in [2.24, 2.45) is 0 Å². The molecule has 0 saturated carbocycles. The van der Waals surface area contributed by atoms with Gasteiger partial charge >= 0.3 is 0 Å². The van der Waals surface area contributed by atoms with Crippen LogP contribution >= 0.6 is 0 Å². The summed E-state index contributed by atoms with van der Waals surface area (Å²) in [7, 11) is 0. The van der Waals surface area contributed by atoms with Gasteiger partial charge in [-0.25, -0.2) is 0 Å². The Balaban J connectivity index is 1.81. The second-order valence-electron chi connectivity index (χ2n) is 7.91. The molecule has 4 heteroatoms. The number of benzene rings is 3. The fourth-order valence-corrected chi connectivity index (χ4v) is 3.12. The molecule has 0 heterocycles. The molecule has 0 fully saturated rings. The van der Waals surface area contributed by atoms with Gasteiger partial charge in [-0.1, -0.05) is 73.3 Å². The average Bonchev–Trinajstić information content (AvgIpc) is 2.81. The fourth-order valence-electron chi connectivity index (χ4n) is 3.12. The highest BCUT2D eigenvalue weighted by atomic mass is 16.5. The van der Waals surface area contributed by atoms with E-state index in [0.717, 1.165) is 23.0 Å². The van der Waals surface area contributed by atoms with Crippen LogP contribution in [0.2, 0.25) is 0 Å². The van der Waals surface area contributed by atoms with E-state index in [-0.39, 0.29) is 0 Å². The number of rotatable bonds is 11. The van der Waals surface area contributed by atoms with Gasteiger partial charge in [0.1, 0.15) is 19.5 Å². The molecule has 3 aromatic rings. The molecule has 0 bridgehead atoms. The van der Waals surface area contributed by atoms with Crippen molar-refractivity contribution >= 4 is 6.29 Å². The molecular formula is C27H29NO3. The van der Waals surface area contributed by atoms with Crippen LogP contribution in [-0.4, -0.2) is 16.7 Å². The Morgan fingerprint density at radius 3 is 1.87 bits per heavy atom. The summed E-state index contributed by atoms with van der Waals surface area (Å²) in [6.45, 7) is 9.03. The summed E-state index contributed by atoms with van der Waals surface area (Å²) in [5.74, 6) is 1.36. The van der Waals surface area contributed by atoms with E-state index in [4.69, 9.17) is 9.47 Å². The molecule has 3 rings (SSSR count).